The molecule has 1 N–H and O–H groups in total. The molecule has 3 aromatic rings. The molecule has 0 atom stereocenters. The Morgan fingerprint density at radius 2 is 1.67 bits per heavy atom. The van der Waals surface area contributed by atoms with Gasteiger partial charge in [0.05, 0.1) is 19.9 Å². The second kappa shape index (κ2) is 8.81. The molecule has 2 aromatic carbocycles. The number of nitrogens with zero attached hydrogens (tertiary/aromatic N) is 3. The van der Waals surface area contributed by atoms with Gasteiger partial charge in [0.1, 0.15) is 5.82 Å². The molecule has 1 aromatic heterocycles. The van der Waals surface area contributed by atoms with Gasteiger partial charge < -0.3 is 19.7 Å². The molecule has 0 spiro atoms. The molecule has 0 amide bonds. The number of aryl methyl sites for hydroxylation is 1. The SMILES string of the molecule is COc1cc2c(cc1OC)-c1cc(Nc3ccc(N4CCC(C)CC4)cc3)nc(=O)n1CC2. The van der Waals surface area contributed by atoms with E-state index in [2.05, 4.69) is 34.3 Å². The Morgan fingerprint density at radius 3 is 2.36 bits per heavy atom. The van der Waals surface area contributed by atoms with Crippen LogP contribution in [0.1, 0.15) is 25.3 Å². The minimum absolute atomic E-state index is 0.255. The fourth-order valence-corrected chi connectivity index (χ4v) is 4.78. The lowest BCUT2D eigenvalue weighted by molar-refractivity contribution is 0.354. The van der Waals surface area contributed by atoms with E-state index in [0.29, 0.717) is 23.9 Å². The second-order valence-electron chi connectivity index (χ2n) is 8.92. The van der Waals surface area contributed by atoms with E-state index in [4.69, 9.17) is 9.47 Å². The molecule has 7 nitrogen and oxygen atoms in total. The maximum atomic E-state index is 12.8. The Labute approximate surface area is 194 Å². The van der Waals surface area contributed by atoms with E-state index in [1.165, 1.54) is 18.5 Å². The van der Waals surface area contributed by atoms with E-state index in [0.717, 1.165) is 47.9 Å². The van der Waals surface area contributed by atoms with Gasteiger partial charge in [-0.1, -0.05) is 6.92 Å². The normalized spacial score (nSPS) is 15.5. The number of fused-ring (bicyclic) bond motifs is 3. The summed E-state index contributed by atoms with van der Waals surface area (Å²) in [5.74, 6) is 2.69. The maximum absolute atomic E-state index is 12.8. The molecule has 2 aliphatic rings. The van der Waals surface area contributed by atoms with Gasteiger partial charge in [-0.15, -0.1) is 0 Å². The van der Waals surface area contributed by atoms with Crippen molar-refractivity contribution in [2.24, 2.45) is 5.92 Å². The van der Waals surface area contributed by atoms with Crippen molar-refractivity contribution in [1.82, 2.24) is 9.55 Å². The summed E-state index contributed by atoms with van der Waals surface area (Å²) in [5.41, 5.74) is 4.82. The molecular weight excluding hydrogens is 416 g/mol. The van der Waals surface area contributed by atoms with Gasteiger partial charge in [0.2, 0.25) is 0 Å². The first-order valence-corrected chi connectivity index (χ1v) is 11.5. The van der Waals surface area contributed by atoms with Crippen molar-refractivity contribution in [3.63, 3.8) is 0 Å². The molecule has 0 saturated carbocycles. The van der Waals surface area contributed by atoms with Gasteiger partial charge in [-0.2, -0.15) is 4.98 Å². The molecule has 3 heterocycles. The number of ether oxygens (including phenoxy) is 2. The summed E-state index contributed by atoms with van der Waals surface area (Å²) < 4.78 is 12.7. The fourth-order valence-electron chi connectivity index (χ4n) is 4.78. The number of anilines is 3. The summed E-state index contributed by atoms with van der Waals surface area (Å²) in [7, 11) is 3.25. The lowest BCUT2D eigenvalue weighted by atomic mass is 9.97. The standard InChI is InChI=1S/C26H30N4O3/c1-17-8-11-29(12-9-17)20-6-4-19(5-7-20)27-25-16-22-21-15-24(33-3)23(32-2)14-18(21)10-13-30(22)26(31)28-25/h4-7,14-17H,8-13H2,1-3H3,(H,27,28,31). The van der Waals surface area contributed by atoms with Crippen molar-refractivity contribution in [3.8, 4) is 22.8 Å². The first-order chi connectivity index (χ1) is 16.1. The molecule has 1 fully saturated rings. The highest BCUT2D eigenvalue weighted by Crippen LogP contribution is 2.38. The molecule has 33 heavy (non-hydrogen) atoms. The van der Waals surface area contributed by atoms with Crippen molar-refractivity contribution in [2.45, 2.75) is 32.7 Å². The first-order valence-electron chi connectivity index (χ1n) is 11.5. The van der Waals surface area contributed by atoms with E-state index in [9.17, 15) is 4.79 Å². The first kappa shape index (κ1) is 21.4. The van der Waals surface area contributed by atoms with Crippen molar-refractivity contribution >= 4 is 17.2 Å². The van der Waals surface area contributed by atoms with E-state index < -0.39 is 0 Å². The van der Waals surface area contributed by atoms with Crippen molar-refractivity contribution < 1.29 is 9.47 Å². The van der Waals surface area contributed by atoms with Gasteiger partial charge in [-0.3, -0.25) is 4.57 Å². The van der Waals surface area contributed by atoms with Crippen LogP contribution in [0.4, 0.5) is 17.2 Å². The zero-order valence-corrected chi connectivity index (χ0v) is 19.4. The Kier molecular flexibility index (Phi) is 5.70. The average Bonchev–Trinajstić information content (AvgIpc) is 2.84. The number of hydrogen-bond donors (Lipinski definition) is 1. The summed E-state index contributed by atoms with van der Waals surface area (Å²) >= 11 is 0. The molecule has 2 aliphatic heterocycles. The molecular formula is C26H30N4O3. The topological polar surface area (TPSA) is 68.6 Å². The van der Waals surface area contributed by atoms with Crippen LogP contribution < -0.4 is 25.4 Å². The lowest BCUT2D eigenvalue weighted by Gasteiger charge is -2.32. The van der Waals surface area contributed by atoms with Crippen molar-refractivity contribution in [3.05, 3.63) is 58.5 Å². The van der Waals surface area contributed by atoms with Crippen LogP contribution in [0.25, 0.3) is 11.3 Å². The Hall–Kier alpha value is -3.48. The minimum atomic E-state index is -0.255. The third kappa shape index (κ3) is 4.15. The van der Waals surface area contributed by atoms with Crippen LogP contribution in [0.5, 0.6) is 11.5 Å². The monoisotopic (exact) mass is 446 g/mol. The zero-order chi connectivity index (χ0) is 22.9. The van der Waals surface area contributed by atoms with E-state index in [1.54, 1.807) is 18.8 Å². The smallest absolute Gasteiger partial charge is 0.350 e. The van der Waals surface area contributed by atoms with E-state index >= 15 is 0 Å². The van der Waals surface area contributed by atoms with Crippen LogP contribution in [-0.4, -0.2) is 36.9 Å². The predicted molar refractivity (Wildman–Crippen MR) is 131 cm³/mol. The molecule has 1 saturated heterocycles. The van der Waals surface area contributed by atoms with Crippen molar-refractivity contribution in [2.75, 3.05) is 37.5 Å². The summed E-state index contributed by atoms with van der Waals surface area (Å²) in [4.78, 5) is 19.5. The Balaban J connectivity index is 1.42. The van der Waals surface area contributed by atoms with E-state index in [-0.39, 0.29) is 5.69 Å². The van der Waals surface area contributed by atoms with Crippen LogP contribution in [0.3, 0.4) is 0 Å². The highest BCUT2D eigenvalue weighted by molar-refractivity contribution is 5.73. The number of piperidine rings is 1. The number of benzene rings is 2. The number of aromatic nitrogens is 2. The molecule has 0 bridgehead atoms. The van der Waals surface area contributed by atoms with Gasteiger partial charge in [0, 0.05) is 42.6 Å². The largest absolute Gasteiger partial charge is 0.493 e. The van der Waals surface area contributed by atoms with Gasteiger partial charge in [-0.25, -0.2) is 4.79 Å². The summed E-state index contributed by atoms with van der Waals surface area (Å²) in [6, 6.07) is 14.2. The van der Waals surface area contributed by atoms with Gasteiger partial charge in [-0.05, 0) is 67.1 Å². The second-order valence-corrected chi connectivity index (χ2v) is 8.92. The third-order valence-electron chi connectivity index (χ3n) is 6.79. The van der Waals surface area contributed by atoms with Crippen LogP contribution in [-0.2, 0) is 13.0 Å². The maximum Gasteiger partial charge on any atom is 0.350 e. The minimum Gasteiger partial charge on any atom is -0.493 e. The molecule has 5 rings (SSSR count). The van der Waals surface area contributed by atoms with E-state index in [1.807, 2.05) is 30.3 Å². The highest BCUT2D eigenvalue weighted by Gasteiger charge is 2.22. The van der Waals surface area contributed by atoms with Crippen molar-refractivity contribution in [1.29, 1.82) is 0 Å². The fraction of sp³-hybridized carbons (Fsp3) is 0.385. The predicted octanol–water partition coefficient (Wildman–Crippen LogP) is 4.46. The number of methoxy groups -OCH3 is 2. The number of nitrogens with one attached hydrogen (secondary N) is 1. The van der Waals surface area contributed by atoms with Crippen LogP contribution in [0, 0.1) is 5.92 Å². The molecule has 0 radical (unpaired) electrons. The third-order valence-corrected chi connectivity index (χ3v) is 6.79. The summed E-state index contributed by atoms with van der Waals surface area (Å²) in [5, 5.41) is 3.32. The van der Waals surface area contributed by atoms with Gasteiger partial charge in [0.25, 0.3) is 0 Å². The molecule has 0 unspecified atom stereocenters. The number of hydrogen-bond acceptors (Lipinski definition) is 6. The van der Waals surface area contributed by atoms with Gasteiger partial charge in [0.15, 0.2) is 11.5 Å². The van der Waals surface area contributed by atoms with Crippen LogP contribution in [0.2, 0.25) is 0 Å². The molecule has 172 valence electrons. The van der Waals surface area contributed by atoms with Gasteiger partial charge >= 0.3 is 5.69 Å². The lowest BCUT2D eigenvalue weighted by Crippen LogP contribution is -2.32. The zero-order valence-electron chi connectivity index (χ0n) is 19.4. The molecule has 7 heteroatoms. The summed E-state index contributed by atoms with van der Waals surface area (Å²) in [6.07, 6.45) is 3.22. The molecule has 0 aliphatic carbocycles. The Bertz CT molecular complexity index is 1210. The summed E-state index contributed by atoms with van der Waals surface area (Å²) in [6.45, 7) is 5.12. The van der Waals surface area contributed by atoms with Crippen LogP contribution in [0.15, 0.2) is 47.3 Å². The number of rotatable bonds is 5. The quantitative estimate of drug-likeness (QED) is 0.624. The highest BCUT2D eigenvalue weighted by atomic mass is 16.5. The van der Waals surface area contributed by atoms with Crippen LogP contribution >= 0.6 is 0 Å². The average molecular weight is 447 g/mol. The Morgan fingerprint density at radius 1 is 0.970 bits per heavy atom.